The van der Waals surface area contributed by atoms with Crippen LogP contribution in [0.5, 0.6) is 17.4 Å². The fourth-order valence-electron chi connectivity index (χ4n) is 3.43. The molecule has 1 aromatic carbocycles. The molecule has 2 heterocycles. The van der Waals surface area contributed by atoms with E-state index >= 15 is 0 Å². The maximum Gasteiger partial charge on any atom is 0.328 e. The van der Waals surface area contributed by atoms with Crippen LogP contribution in [0.4, 0.5) is 0 Å². The third-order valence-corrected chi connectivity index (χ3v) is 5.73. The van der Waals surface area contributed by atoms with Crippen molar-refractivity contribution in [2.75, 3.05) is 19.7 Å². The molecule has 9 heteroatoms. The van der Waals surface area contributed by atoms with Crippen molar-refractivity contribution in [3.63, 3.8) is 0 Å². The van der Waals surface area contributed by atoms with Gasteiger partial charge in [0.2, 0.25) is 0 Å². The van der Waals surface area contributed by atoms with E-state index in [0.29, 0.717) is 42.2 Å². The minimum Gasteiger partial charge on any atom is -0.488 e. The molecule has 1 aliphatic heterocycles. The lowest BCUT2D eigenvalue weighted by atomic mass is 10.0. The third kappa shape index (κ3) is 9.58. The number of ether oxygens (including phenoxy) is 2. The zero-order chi connectivity index (χ0) is 26.0. The van der Waals surface area contributed by atoms with Crippen LogP contribution in [-0.2, 0) is 9.59 Å². The van der Waals surface area contributed by atoms with Crippen LogP contribution in [0.3, 0.4) is 0 Å². The standard InChI is InChI=1S/C22H29ClN2O2.C4H4O4/c1-14(2)18-11-19(23)15(3)10-21(18)27-22-20(8-7-16(4)25-22)26-13-17-6-5-9-24-12-17;5-3(6)1-2-4(7)8/h7-8,10-11,14,17,24H,5-6,9,12-13H2,1-4H3;1-2H,(H,5,6)(H,7,8)/b;2-1+/t17-;/m0./s1. The molecule has 0 bridgehead atoms. The number of piperidine rings is 1. The Morgan fingerprint density at radius 3 is 2.43 bits per heavy atom. The van der Waals surface area contributed by atoms with Crippen LogP contribution in [0.15, 0.2) is 36.4 Å². The number of aliphatic carboxylic acids is 2. The molecule has 0 radical (unpaired) electrons. The van der Waals surface area contributed by atoms with Gasteiger partial charge in [-0.15, -0.1) is 0 Å². The second-order valence-electron chi connectivity index (χ2n) is 8.69. The summed E-state index contributed by atoms with van der Waals surface area (Å²) in [6, 6.07) is 7.88. The van der Waals surface area contributed by atoms with Crippen molar-refractivity contribution in [1.29, 1.82) is 0 Å². The molecular formula is C26H33ClN2O6. The Balaban J connectivity index is 0.000000466. The molecule has 1 aliphatic rings. The van der Waals surface area contributed by atoms with Crippen molar-refractivity contribution < 1.29 is 29.3 Å². The normalized spacial score (nSPS) is 15.4. The van der Waals surface area contributed by atoms with Crippen LogP contribution in [0, 0.1) is 19.8 Å². The Bertz CT molecular complexity index is 1030. The van der Waals surface area contributed by atoms with Gasteiger partial charge < -0.3 is 25.0 Å². The van der Waals surface area contributed by atoms with Gasteiger partial charge in [-0.2, -0.15) is 0 Å². The summed E-state index contributed by atoms with van der Waals surface area (Å²) in [7, 11) is 0. The Labute approximate surface area is 210 Å². The average molecular weight is 505 g/mol. The summed E-state index contributed by atoms with van der Waals surface area (Å²) in [5.74, 6) is 0.294. The van der Waals surface area contributed by atoms with Gasteiger partial charge in [-0.1, -0.05) is 25.4 Å². The lowest BCUT2D eigenvalue weighted by molar-refractivity contribution is -0.134. The van der Waals surface area contributed by atoms with Crippen molar-refractivity contribution in [2.45, 2.75) is 46.5 Å². The van der Waals surface area contributed by atoms with Gasteiger partial charge in [0.1, 0.15) is 5.75 Å². The number of carboxylic acid groups (broad SMARTS) is 2. The van der Waals surface area contributed by atoms with Gasteiger partial charge in [-0.25, -0.2) is 14.6 Å². The van der Waals surface area contributed by atoms with E-state index in [0.717, 1.165) is 40.7 Å². The highest BCUT2D eigenvalue weighted by molar-refractivity contribution is 6.31. The van der Waals surface area contributed by atoms with E-state index in [2.05, 4.69) is 24.1 Å². The predicted octanol–water partition coefficient (Wildman–Crippen LogP) is 5.36. The molecule has 3 rings (SSSR count). The van der Waals surface area contributed by atoms with Crippen LogP contribution in [0.1, 0.15) is 49.4 Å². The number of hydrogen-bond acceptors (Lipinski definition) is 6. The maximum atomic E-state index is 9.55. The van der Waals surface area contributed by atoms with Crippen molar-refractivity contribution in [1.82, 2.24) is 10.3 Å². The number of benzene rings is 1. The van der Waals surface area contributed by atoms with Crippen molar-refractivity contribution in [2.24, 2.45) is 5.92 Å². The van der Waals surface area contributed by atoms with Gasteiger partial charge in [0.25, 0.3) is 5.88 Å². The lowest BCUT2D eigenvalue weighted by Gasteiger charge is -2.23. The topological polar surface area (TPSA) is 118 Å². The zero-order valence-electron chi connectivity index (χ0n) is 20.5. The van der Waals surface area contributed by atoms with E-state index < -0.39 is 11.9 Å². The van der Waals surface area contributed by atoms with Gasteiger partial charge in [-0.3, -0.25) is 0 Å². The summed E-state index contributed by atoms with van der Waals surface area (Å²) < 4.78 is 12.4. The molecule has 1 fully saturated rings. The highest BCUT2D eigenvalue weighted by atomic mass is 35.5. The minimum atomic E-state index is -1.26. The Kier molecular flexibility index (Phi) is 11.0. The molecule has 0 amide bonds. The van der Waals surface area contributed by atoms with Gasteiger partial charge >= 0.3 is 11.9 Å². The molecule has 1 saturated heterocycles. The molecule has 2 aromatic rings. The fraction of sp³-hybridized carbons (Fsp3) is 0.423. The summed E-state index contributed by atoms with van der Waals surface area (Å²) >= 11 is 6.32. The second-order valence-corrected chi connectivity index (χ2v) is 9.09. The lowest BCUT2D eigenvalue weighted by Crippen LogP contribution is -2.33. The Morgan fingerprint density at radius 2 is 1.86 bits per heavy atom. The summed E-state index contributed by atoms with van der Waals surface area (Å²) in [5, 5.41) is 19.8. The van der Waals surface area contributed by atoms with Crippen molar-refractivity contribution >= 4 is 23.5 Å². The van der Waals surface area contributed by atoms with Crippen LogP contribution in [0.2, 0.25) is 5.02 Å². The van der Waals surface area contributed by atoms with E-state index in [1.54, 1.807) is 0 Å². The Hall–Kier alpha value is -3.10. The van der Waals surface area contributed by atoms with E-state index in [4.69, 9.17) is 31.3 Å². The fourth-order valence-corrected chi connectivity index (χ4v) is 3.61. The summed E-state index contributed by atoms with van der Waals surface area (Å²) in [5.41, 5.74) is 2.95. The Morgan fingerprint density at radius 1 is 1.17 bits per heavy atom. The highest BCUT2D eigenvalue weighted by Gasteiger charge is 2.18. The number of nitrogens with one attached hydrogen (secondary N) is 1. The third-order valence-electron chi connectivity index (χ3n) is 5.33. The number of rotatable bonds is 8. The highest BCUT2D eigenvalue weighted by Crippen LogP contribution is 2.37. The van der Waals surface area contributed by atoms with Gasteiger partial charge in [0, 0.05) is 35.3 Å². The molecule has 1 atom stereocenters. The number of aryl methyl sites for hydroxylation is 2. The first kappa shape index (κ1) is 28.1. The van der Waals surface area contributed by atoms with Crippen LogP contribution < -0.4 is 14.8 Å². The first-order valence-corrected chi connectivity index (χ1v) is 11.9. The minimum absolute atomic E-state index is 0.292. The molecule has 3 N–H and O–H groups in total. The molecule has 8 nitrogen and oxygen atoms in total. The van der Waals surface area contributed by atoms with Crippen LogP contribution in [-0.4, -0.2) is 46.8 Å². The molecule has 0 aliphatic carbocycles. The van der Waals surface area contributed by atoms with E-state index in [9.17, 15) is 9.59 Å². The number of aromatic nitrogens is 1. The van der Waals surface area contributed by atoms with E-state index in [-0.39, 0.29) is 0 Å². The molecule has 0 unspecified atom stereocenters. The molecular weight excluding hydrogens is 472 g/mol. The molecule has 0 saturated carbocycles. The predicted molar refractivity (Wildman–Crippen MR) is 135 cm³/mol. The first-order valence-electron chi connectivity index (χ1n) is 11.5. The maximum absolute atomic E-state index is 9.55. The number of pyridine rings is 1. The van der Waals surface area contributed by atoms with Gasteiger partial charge in [0.05, 0.1) is 6.61 Å². The second kappa shape index (κ2) is 13.7. The molecule has 190 valence electrons. The SMILES string of the molecule is Cc1ccc(OC[C@H]2CCCNC2)c(Oc2cc(C)c(Cl)cc2C(C)C)n1.O=C(O)/C=C/C(=O)O. The number of carboxylic acids is 2. The van der Waals surface area contributed by atoms with Crippen molar-refractivity contribution in [3.8, 4) is 17.4 Å². The average Bonchev–Trinajstić information content (AvgIpc) is 2.80. The quantitative estimate of drug-likeness (QED) is 0.411. The van der Waals surface area contributed by atoms with Crippen molar-refractivity contribution in [3.05, 3.63) is 58.3 Å². The monoisotopic (exact) mass is 504 g/mol. The number of halogens is 1. The molecule has 35 heavy (non-hydrogen) atoms. The smallest absolute Gasteiger partial charge is 0.328 e. The largest absolute Gasteiger partial charge is 0.488 e. The number of nitrogens with zero attached hydrogens (tertiary/aromatic N) is 1. The summed E-state index contributed by atoms with van der Waals surface area (Å²) in [6.07, 6.45) is 3.51. The molecule has 1 aromatic heterocycles. The van der Waals surface area contributed by atoms with E-state index in [1.165, 1.54) is 12.8 Å². The first-order chi connectivity index (χ1) is 16.6. The zero-order valence-corrected chi connectivity index (χ0v) is 21.3. The summed E-state index contributed by atoms with van der Waals surface area (Å²) in [4.78, 5) is 23.7. The van der Waals surface area contributed by atoms with E-state index in [1.807, 2.05) is 38.1 Å². The van der Waals surface area contributed by atoms with Crippen LogP contribution >= 0.6 is 11.6 Å². The number of hydrogen-bond donors (Lipinski definition) is 3. The summed E-state index contributed by atoms with van der Waals surface area (Å²) in [6.45, 7) is 11.0. The molecule has 0 spiro atoms. The van der Waals surface area contributed by atoms with Gasteiger partial charge in [-0.05, 0) is 74.5 Å². The van der Waals surface area contributed by atoms with Gasteiger partial charge in [0.15, 0.2) is 5.75 Å². The van der Waals surface area contributed by atoms with Crippen LogP contribution in [0.25, 0.3) is 0 Å². The number of carbonyl (C=O) groups is 2.